The van der Waals surface area contributed by atoms with Crippen molar-refractivity contribution in [1.29, 1.82) is 0 Å². The highest BCUT2D eigenvalue weighted by Gasteiger charge is 2.14. The zero-order valence-electron chi connectivity index (χ0n) is 13.9. The first-order valence-corrected chi connectivity index (χ1v) is 9.32. The van der Waals surface area contributed by atoms with E-state index in [0.29, 0.717) is 18.2 Å². The molecule has 6 nitrogen and oxygen atoms in total. The van der Waals surface area contributed by atoms with Crippen LogP contribution in [0.3, 0.4) is 0 Å². The fraction of sp³-hybridized carbons (Fsp3) is 0.353. The van der Waals surface area contributed by atoms with Crippen molar-refractivity contribution < 1.29 is 9.53 Å². The number of anilines is 2. The second-order valence-electron chi connectivity index (χ2n) is 5.56. The number of halogens is 1. The van der Waals surface area contributed by atoms with E-state index in [2.05, 4.69) is 20.2 Å². The molecule has 0 spiro atoms. The summed E-state index contributed by atoms with van der Waals surface area (Å²) in [6, 6.07) is 7.37. The minimum Gasteiger partial charge on any atom is -0.378 e. The van der Waals surface area contributed by atoms with Crippen LogP contribution in [0, 0.1) is 6.92 Å². The lowest BCUT2D eigenvalue weighted by atomic mass is 10.2. The van der Waals surface area contributed by atoms with Crippen LogP contribution in [0.2, 0.25) is 5.02 Å². The van der Waals surface area contributed by atoms with Gasteiger partial charge in [-0.2, -0.15) is 0 Å². The first-order valence-electron chi connectivity index (χ1n) is 7.96. The average Bonchev–Trinajstić information content (AvgIpc) is 2.65. The first kappa shape index (κ1) is 18.0. The third kappa shape index (κ3) is 4.84. The number of ether oxygens (including phenoxy) is 1. The van der Waals surface area contributed by atoms with Crippen LogP contribution < -0.4 is 10.2 Å². The number of hydrogen-bond donors (Lipinski definition) is 1. The molecule has 0 bridgehead atoms. The van der Waals surface area contributed by atoms with E-state index in [4.69, 9.17) is 16.3 Å². The number of rotatable bonds is 5. The Morgan fingerprint density at radius 3 is 2.96 bits per heavy atom. The molecule has 0 radical (unpaired) electrons. The Morgan fingerprint density at radius 1 is 1.36 bits per heavy atom. The fourth-order valence-electron chi connectivity index (χ4n) is 2.44. The van der Waals surface area contributed by atoms with E-state index in [1.54, 1.807) is 6.07 Å². The minimum absolute atomic E-state index is 0.0955. The number of carbonyl (C=O) groups is 1. The predicted octanol–water partition coefficient (Wildman–Crippen LogP) is 3.01. The molecule has 1 N–H and O–H groups in total. The largest absolute Gasteiger partial charge is 0.378 e. The lowest BCUT2D eigenvalue weighted by molar-refractivity contribution is -0.113. The van der Waals surface area contributed by atoms with E-state index in [9.17, 15) is 4.79 Å². The highest BCUT2D eigenvalue weighted by atomic mass is 35.5. The van der Waals surface area contributed by atoms with Gasteiger partial charge in [-0.1, -0.05) is 29.4 Å². The summed E-state index contributed by atoms with van der Waals surface area (Å²) in [5, 5.41) is 4.29. The molecule has 0 aliphatic carbocycles. The summed E-state index contributed by atoms with van der Waals surface area (Å²) in [7, 11) is 0. The van der Waals surface area contributed by atoms with Crippen molar-refractivity contribution in [2.75, 3.05) is 42.3 Å². The molecular weight excluding hydrogens is 360 g/mol. The Bertz CT molecular complexity index is 753. The van der Waals surface area contributed by atoms with Crippen molar-refractivity contribution in [1.82, 2.24) is 9.97 Å². The molecule has 2 aromatic rings. The molecule has 0 atom stereocenters. The van der Waals surface area contributed by atoms with Crippen LogP contribution in [0.1, 0.15) is 5.56 Å². The van der Waals surface area contributed by atoms with Crippen molar-refractivity contribution in [3.63, 3.8) is 0 Å². The number of carbonyl (C=O) groups excluding carboxylic acids is 1. The zero-order valence-corrected chi connectivity index (χ0v) is 15.4. The van der Waals surface area contributed by atoms with Gasteiger partial charge in [0.2, 0.25) is 5.91 Å². The van der Waals surface area contributed by atoms with Crippen molar-refractivity contribution >= 4 is 40.8 Å². The Labute approximate surface area is 155 Å². The van der Waals surface area contributed by atoms with E-state index in [1.165, 1.54) is 18.1 Å². The number of nitrogens with one attached hydrogen (secondary N) is 1. The molecule has 3 rings (SSSR count). The van der Waals surface area contributed by atoms with Gasteiger partial charge in [-0.25, -0.2) is 9.97 Å². The van der Waals surface area contributed by atoms with Crippen molar-refractivity contribution in [2.45, 2.75) is 11.9 Å². The quantitative estimate of drug-likeness (QED) is 0.637. The first-order chi connectivity index (χ1) is 12.1. The van der Waals surface area contributed by atoms with Crippen LogP contribution in [-0.2, 0) is 9.53 Å². The number of thioether (sulfide) groups is 1. The molecule has 1 aromatic heterocycles. The Morgan fingerprint density at radius 2 is 2.16 bits per heavy atom. The number of benzene rings is 1. The van der Waals surface area contributed by atoms with Gasteiger partial charge in [-0.05, 0) is 24.6 Å². The molecular formula is C17H19ClN4O2S. The number of aromatic nitrogens is 2. The molecule has 1 aliphatic heterocycles. The maximum atomic E-state index is 12.2. The van der Waals surface area contributed by atoms with E-state index in [-0.39, 0.29) is 11.7 Å². The molecule has 1 amide bonds. The molecule has 2 heterocycles. The van der Waals surface area contributed by atoms with Gasteiger partial charge >= 0.3 is 0 Å². The van der Waals surface area contributed by atoms with Crippen LogP contribution in [0.25, 0.3) is 0 Å². The van der Waals surface area contributed by atoms with Crippen molar-refractivity contribution in [3.05, 3.63) is 41.2 Å². The van der Waals surface area contributed by atoms with Gasteiger partial charge in [0.15, 0.2) is 0 Å². The predicted molar refractivity (Wildman–Crippen MR) is 101 cm³/mol. The lowest BCUT2D eigenvalue weighted by Crippen LogP contribution is -2.36. The fourth-order valence-corrected chi connectivity index (χ4v) is 3.28. The van der Waals surface area contributed by atoms with Crippen LogP contribution >= 0.6 is 23.4 Å². The lowest BCUT2D eigenvalue weighted by Gasteiger charge is -2.27. The number of nitrogens with zero attached hydrogens (tertiary/aromatic N) is 3. The maximum Gasteiger partial charge on any atom is 0.234 e. The number of morpholine rings is 1. The van der Waals surface area contributed by atoms with Crippen LogP contribution in [0.15, 0.2) is 35.6 Å². The summed E-state index contributed by atoms with van der Waals surface area (Å²) < 4.78 is 5.35. The Balaban J connectivity index is 1.57. The van der Waals surface area contributed by atoms with Crippen LogP contribution in [0.5, 0.6) is 0 Å². The monoisotopic (exact) mass is 378 g/mol. The molecule has 1 aromatic carbocycles. The summed E-state index contributed by atoms with van der Waals surface area (Å²) in [5.74, 6) is 1.04. The van der Waals surface area contributed by atoms with Crippen molar-refractivity contribution in [3.8, 4) is 0 Å². The third-order valence-corrected chi connectivity index (χ3v) is 5.19. The molecule has 25 heavy (non-hydrogen) atoms. The van der Waals surface area contributed by atoms with Gasteiger partial charge in [-0.3, -0.25) is 4.79 Å². The van der Waals surface area contributed by atoms with Gasteiger partial charge in [0.1, 0.15) is 17.2 Å². The van der Waals surface area contributed by atoms with Crippen LogP contribution in [-0.4, -0.2) is 47.9 Å². The summed E-state index contributed by atoms with van der Waals surface area (Å²) in [6.07, 6.45) is 1.53. The van der Waals surface area contributed by atoms with E-state index in [1.807, 2.05) is 25.1 Å². The standard InChI is InChI=1S/C17H19ClN4O2S/c1-12-13(18)3-2-4-14(12)21-16(23)10-25-17-9-15(19-11-20-17)22-5-7-24-8-6-22/h2-4,9,11H,5-8,10H2,1H3,(H,21,23). The van der Waals surface area contributed by atoms with E-state index < -0.39 is 0 Å². The zero-order chi connectivity index (χ0) is 17.6. The molecule has 1 saturated heterocycles. The molecule has 1 fully saturated rings. The summed E-state index contributed by atoms with van der Waals surface area (Å²) in [6.45, 7) is 4.91. The minimum atomic E-state index is -0.0955. The second-order valence-corrected chi connectivity index (χ2v) is 6.97. The van der Waals surface area contributed by atoms with Crippen LogP contribution in [0.4, 0.5) is 11.5 Å². The van der Waals surface area contributed by atoms with Gasteiger partial charge in [0.25, 0.3) is 0 Å². The SMILES string of the molecule is Cc1c(Cl)cccc1NC(=O)CSc1cc(N2CCOCC2)ncn1. The normalized spacial score (nSPS) is 14.4. The summed E-state index contributed by atoms with van der Waals surface area (Å²) in [5.41, 5.74) is 1.59. The highest BCUT2D eigenvalue weighted by molar-refractivity contribution is 7.99. The third-order valence-electron chi connectivity index (χ3n) is 3.86. The van der Waals surface area contributed by atoms with Crippen molar-refractivity contribution in [2.24, 2.45) is 0 Å². The van der Waals surface area contributed by atoms with E-state index in [0.717, 1.165) is 35.2 Å². The number of hydrogen-bond acceptors (Lipinski definition) is 6. The molecule has 8 heteroatoms. The molecule has 1 aliphatic rings. The average molecular weight is 379 g/mol. The van der Waals surface area contributed by atoms with Gasteiger partial charge in [-0.15, -0.1) is 0 Å². The smallest absolute Gasteiger partial charge is 0.234 e. The summed E-state index contributed by atoms with van der Waals surface area (Å²) >= 11 is 7.46. The molecule has 132 valence electrons. The molecule has 0 unspecified atom stereocenters. The van der Waals surface area contributed by atoms with Gasteiger partial charge in [0, 0.05) is 29.9 Å². The van der Waals surface area contributed by atoms with E-state index >= 15 is 0 Å². The van der Waals surface area contributed by atoms with Gasteiger partial charge < -0.3 is 15.0 Å². The topological polar surface area (TPSA) is 67.4 Å². The Kier molecular flexibility index (Phi) is 6.12. The summed E-state index contributed by atoms with van der Waals surface area (Å²) in [4.78, 5) is 22.9. The van der Waals surface area contributed by atoms with Gasteiger partial charge in [0.05, 0.1) is 19.0 Å². The Hall–Kier alpha value is -1.83. The second kappa shape index (κ2) is 8.51. The maximum absolute atomic E-state index is 12.2. The highest BCUT2D eigenvalue weighted by Crippen LogP contribution is 2.24. The molecule has 0 saturated carbocycles. The number of amides is 1.